The zero-order valence-electron chi connectivity index (χ0n) is 13.1. The normalized spacial score (nSPS) is 16.2. The van der Waals surface area contributed by atoms with Gasteiger partial charge in [0.05, 0.1) is 24.3 Å². The lowest BCUT2D eigenvalue weighted by molar-refractivity contribution is 0.425. The Kier molecular flexibility index (Phi) is 3.72. The molecule has 0 fully saturated rings. The van der Waals surface area contributed by atoms with Crippen LogP contribution in [0.1, 0.15) is 42.7 Å². The Labute approximate surface area is 137 Å². The molecule has 0 aromatic carbocycles. The molecule has 1 aliphatic carbocycles. The molecule has 3 aromatic rings. The molecule has 120 valence electrons. The van der Waals surface area contributed by atoms with Crippen LogP contribution in [0.2, 0.25) is 0 Å². The Bertz CT molecular complexity index is 880. The number of nitrogens with zero attached hydrogens (tertiary/aromatic N) is 5. The number of aromatic nitrogens is 5. The largest absolute Gasteiger partial charge is 0.294 e. The predicted molar refractivity (Wildman–Crippen MR) is 89.9 cm³/mol. The second-order valence-corrected chi connectivity index (χ2v) is 7.25. The van der Waals surface area contributed by atoms with Crippen molar-refractivity contribution in [3.8, 4) is 0 Å². The highest BCUT2D eigenvalue weighted by molar-refractivity contribution is 7.18. The maximum absolute atomic E-state index is 13.0. The van der Waals surface area contributed by atoms with E-state index < -0.39 is 0 Å². The molecule has 0 spiro atoms. The van der Waals surface area contributed by atoms with Gasteiger partial charge in [-0.15, -0.1) is 11.3 Å². The van der Waals surface area contributed by atoms with Crippen LogP contribution in [0, 0.1) is 0 Å². The molecular weight excluding hydrogens is 310 g/mol. The number of rotatable bonds is 3. The number of fused-ring (bicyclic) bond motifs is 3. The highest BCUT2D eigenvalue weighted by Crippen LogP contribution is 2.32. The Hall–Kier alpha value is -2.02. The minimum absolute atomic E-state index is 0.0116. The van der Waals surface area contributed by atoms with Gasteiger partial charge in [0, 0.05) is 4.88 Å². The molecule has 3 heterocycles. The molecule has 0 saturated carbocycles. The van der Waals surface area contributed by atoms with Crippen LogP contribution in [0.3, 0.4) is 0 Å². The van der Waals surface area contributed by atoms with E-state index >= 15 is 0 Å². The van der Waals surface area contributed by atoms with Crippen LogP contribution in [0.25, 0.3) is 10.2 Å². The van der Waals surface area contributed by atoms with Crippen molar-refractivity contribution in [3.05, 3.63) is 39.8 Å². The summed E-state index contributed by atoms with van der Waals surface area (Å²) >= 11 is 1.70. The van der Waals surface area contributed by atoms with Crippen LogP contribution < -0.4 is 5.56 Å². The van der Waals surface area contributed by atoms with Gasteiger partial charge in [-0.3, -0.25) is 14.0 Å². The maximum Gasteiger partial charge on any atom is 0.262 e. The molecule has 1 aliphatic rings. The van der Waals surface area contributed by atoms with E-state index in [4.69, 9.17) is 0 Å². The lowest BCUT2D eigenvalue weighted by Crippen LogP contribution is -2.26. The van der Waals surface area contributed by atoms with E-state index in [1.807, 2.05) is 6.92 Å². The molecule has 0 N–H and O–H groups in total. The van der Waals surface area contributed by atoms with E-state index in [1.54, 1.807) is 33.2 Å². The monoisotopic (exact) mass is 329 g/mol. The van der Waals surface area contributed by atoms with Crippen LogP contribution in [0.5, 0.6) is 0 Å². The first-order chi connectivity index (χ1) is 11.2. The fourth-order valence-electron chi connectivity index (χ4n) is 3.34. The summed E-state index contributed by atoms with van der Waals surface area (Å²) in [6.07, 6.45) is 10.6. The minimum Gasteiger partial charge on any atom is -0.294 e. The third kappa shape index (κ3) is 2.59. The molecule has 0 amide bonds. The number of thiophene rings is 1. The fourth-order valence-corrected chi connectivity index (χ4v) is 4.56. The minimum atomic E-state index is -0.0116. The summed E-state index contributed by atoms with van der Waals surface area (Å²) in [6, 6.07) is -0.0116. The summed E-state index contributed by atoms with van der Waals surface area (Å²) in [5.41, 5.74) is 1.34. The van der Waals surface area contributed by atoms with Crippen LogP contribution in [0.4, 0.5) is 0 Å². The SMILES string of the molecule is CC(Cn1cncn1)n1cnc2sc3c(c2c1=O)CCCCC3. The van der Waals surface area contributed by atoms with E-state index in [0.29, 0.717) is 6.54 Å². The maximum atomic E-state index is 13.0. The van der Waals surface area contributed by atoms with Gasteiger partial charge >= 0.3 is 0 Å². The summed E-state index contributed by atoms with van der Waals surface area (Å²) in [7, 11) is 0. The molecule has 4 rings (SSSR count). The van der Waals surface area contributed by atoms with Crippen LogP contribution in [0.15, 0.2) is 23.8 Å². The van der Waals surface area contributed by atoms with Gasteiger partial charge < -0.3 is 0 Å². The molecular formula is C16H19N5OS. The average Bonchev–Trinajstić information content (AvgIpc) is 3.10. The zero-order chi connectivity index (χ0) is 15.8. The highest BCUT2D eigenvalue weighted by atomic mass is 32.1. The lowest BCUT2D eigenvalue weighted by Gasteiger charge is -2.14. The van der Waals surface area contributed by atoms with Crippen LogP contribution in [-0.2, 0) is 19.4 Å². The van der Waals surface area contributed by atoms with Crippen molar-refractivity contribution in [2.45, 2.75) is 51.6 Å². The van der Waals surface area contributed by atoms with Crippen molar-refractivity contribution in [2.75, 3.05) is 0 Å². The molecule has 7 heteroatoms. The van der Waals surface area contributed by atoms with Gasteiger partial charge in [-0.25, -0.2) is 9.97 Å². The second kappa shape index (κ2) is 5.88. The van der Waals surface area contributed by atoms with Crippen LogP contribution >= 0.6 is 11.3 Å². The van der Waals surface area contributed by atoms with Gasteiger partial charge in [-0.2, -0.15) is 5.10 Å². The Morgan fingerprint density at radius 1 is 1.26 bits per heavy atom. The molecule has 23 heavy (non-hydrogen) atoms. The van der Waals surface area contributed by atoms with Gasteiger partial charge in [0.15, 0.2) is 0 Å². The topological polar surface area (TPSA) is 65.6 Å². The number of hydrogen-bond donors (Lipinski definition) is 0. The van der Waals surface area contributed by atoms with Gasteiger partial charge in [0.25, 0.3) is 5.56 Å². The first-order valence-corrected chi connectivity index (χ1v) is 8.89. The van der Waals surface area contributed by atoms with E-state index in [0.717, 1.165) is 23.1 Å². The first-order valence-electron chi connectivity index (χ1n) is 8.08. The predicted octanol–water partition coefficient (Wildman–Crippen LogP) is 2.58. The van der Waals surface area contributed by atoms with Gasteiger partial charge in [-0.05, 0) is 38.2 Å². The van der Waals surface area contributed by atoms with Gasteiger partial charge in [0.2, 0.25) is 0 Å². The number of hydrogen-bond acceptors (Lipinski definition) is 5. The van der Waals surface area contributed by atoms with Crippen molar-refractivity contribution in [1.29, 1.82) is 0 Å². The lowest BCUT2D eigenvalue weighted by atomic mass is 10.1. The van der Waals surface area contributed by atoms with Gasteiger partial charge in [0.1, 0.15) is 17.5 Å². The van der Waals surface area contributed by atoms with Crippen molar-refractivity contribution in [1.82, 2.24) is 24.3 Å². The van der Waals surface area contributed by atoms with Crippen LogP contribution in [-0.4, -0.2) is 24.3 Å². The third-order valence-electron chi connectivity index (χ3n) is 4.54. The Balaban J connectivity index is 1.78. The first kappa shape index (κ1) is 14.6. The Morgan fingerprint density at radius 3 is 2.96 bits per heavy atom. The Morgan fingerprint density at radius 2 is 2.13 bits per heavy atom. The summed E-state index contributed by atoms with van der Waals surface area (Å²) in [5, 5.41) is 4.97. The molecule has 0 bridgehead atoms. The summed E-state index contributed by atoms with van der Waals surface area (Å²) in [6.45, 7) is 2.63. The standard InChI is InChI=1S/C16H19N5OS/c1-11(7-20-9-17-8-19-20)21-10-18-15-14(16(21)22)12-5-3-2-4-6-13(12)23-15/h8-11H,2-7H2,1H3. The quantitative estimate of drug-likeness (QED) is 0.693. The molecule has 0 saturated heterocycles. The summed E-state index contributed by atoms with van der Waals surface area (Å²) < 4.78 is 3.48. The highest BCUT2D eigenvalue weighted by Gasteiger charge is 2.20. The molecule has 6 nitrogen and oxygen atoms in total. The molecule has 0 aliphatic heterocycles. The van der Waals surface area contributed by atoms with E-state index in [9.17, 15) is 4.79 Å². The van der Waals surface area contributed by atoms with E-state index in [2.05, 4.69) is 15.1 Å². The van der Waals surface area contributed by atoms with Crippen molar-refractivity contribution in [3.63, 3.8) is 0 Å². The second-order valence-electron chi connectivity index (χ2n) is 6.17. The van der Waals surface area contributed by atoms with Crippen molar-refractivity contribution < 1.29 is 0 Å². The summed E-state index contributed by atoms with van der Waals surface area (Å²) in [4.78, 5) is 23.8. The zero-order valence-corrected chi connectivity index (χ0v) is 13.9. The van der Waals surface area contributed by atoms with Crippen molar-refractivity contribution >= 4 is 21.6 Å². The molecule has 3 aromatic heterocycles. The summed E-state index contributed by atoms with van der Waals surface area (Å²) in [5.74, 6) is 0. The van der Waals surface area contributed by atoms with Crippen molar-refractivity contribution in [2.24, 2.45) is 0 Å². The van der Waals surface area contributed by atoms with E-state index in [-0.39, 0.29) is 11.6 Å². The third-order valence-corrected chi connectivity index (χ3v) is 5.74. The fraction of sp³-hybridized carbons (Fsp3) is 0.500. The molecule has 0 radical (unpaired) electrons. The molecule has 1 atom stereocenters. The average molecular weight is 329 g/mol. The van der Waals surface area contributed by atoms with E-state index in [1.165, 1.54) is 36.0 Å². The smallest absolute Gasteiger partial charge is 0.262 e. The molecule has 1 unspecified atom stereocenters. The van der Waals surface area contributed by atoms with Gasteiger partial charge in [-0.1, -0.05) is 6.42 Å². The number of aryl methyl sites for hydroxylation is 2.